The topological polar surface area (TPSA) is 72.5 Å². The van der Waals surface area contributed by atoms with Crippen molar-refractivity contribution in [2.45, 2.75) is 6.10 Å². The predicted molar refractivity (Wildman–Crippen MR) is 27.5 cm³/mol. The van der Waals surface area contributed by atoms with Crippen molar-refractivity contribution >= 4 is 5.97 Å². The van der Waals surface area contributed by atoms with Crippen molar-refractivity contribution in [3.63, 3.8) is 0 Å². The van der Waals surface area contributed by atoms with Crippen molar-refractivity contribution in [1.82, 2.24) is 0 Å². The normalized spacial score (nSPS) is 13.2. The Labute approximate surface area is 47.2 Å². The third kappa shape index (κ3) is 1.90. The van der Waals surface area contributed by atoms with E-state index in [0.29, 0.717) is 0 Å². The van der Waals surface area contributed by atoms with Crippen LogP contribution in [0.5, 0.6) is 0 Å². The van der Waals surface area contributed by atoms with Crippen LogP contribution in [0.25, 0.3) is 0 Å². The van der Waals surface area contributed by atoms with E-state index in [-0.39, 0.29) is 6.54 Å². The fourth-order valence-corrected chi connectivity index (χ4v) is 0.298. The number of ether oxygens (including phenoxy) is 1. The molecule has 0 amide bonds. The third-order valence-electron chi connectivity index (χ3n) is 0.774. The maximum absolute atomic E-state index is 9.96. The van der Waals surface area contributed by atoms with Crippen molar-refractivity contribution in [1.29, 1.82) is 0 Å². The van der Waals surface area contributed by atoms with E-state index in [1.807, 2.05) is 0 Å². The van der Waals surface area contributed by atoms with E-state index in [9.17, 15) is 4.79 Å². The van der Waals surface area contributed by atoms with Crippen molar-refractivity contribution in [2.75, 3.05) is 13.7 Å². The summed E-state index contributed by atoms with van der Waals surface area (Å²) in [5, 5.41) is 8.17. The molecule has 0 bridgehead atoms. The molecule has 0 aliphatic heterocycles. The second-order valence-electron chi connectivity index (χ2n) is 1.30. The summed E-state index contributed by atoms with van der Waals surface area (Å²) in [7, 11) is 1.31. The van der Waals surface area contributed by atoms with Gasteiger partial charge in [0.05, 0.1) is 0 Å². The van der Waals surface area contributed by atoms with Crippen LogP contribution in [0.4, 0.5) is 0 Å². The number of carbonyl (C=O) groups is 1. The number of hydrogen-bond acceptors (Lipinski definition) is 3. The Balaban J connectivity index is 3.52. The summed E-state index contributed by atoms with van der Waals surface area (Å²) < 4.78 is 4.44. The molecule has 48 valence electrons. The fourth-order valence-electron chi connectivity index (χ4n) is 0.298. The van der Waals surface area contributed by atoms with E-state index in [2.05, 4.69) is 4.74 Å². The summed E-state index contributed by atoms with van der Waals surface area (Å²) in [6, 6.07) is 0. The highest BCUT2D eigenvalue weighted by molar-refractivity contribution is 5.72. The highest BCUT2D eigenvalue weighted by atomic mass is 16.5. The Morgan fingerprint density at radius 1 is 2.00 bits per heavy atom. The minimum Gasteiger partial charge on any atom is -0.479 e. The van der Waals surface area contributed by atoms with Crippen LogP contribution in [0.15, 0.2) is 0 Å². The molecule has 0 fully saturated rings. The van der Waals surface area contributed by atoms with Gasteiger partial charge < -0.3 is 15.6 Å². The first kappa shape index (κ1) is 7.39. The molecule has 0 aliphatic carbocycles. The smallest absolute Gasteiger partial charge is 0.334 e. The number of carboxylic acid groups (broad SMARTS) is 1. The number of aliphatic carboxylic acids is 1. The van der Waals surface area contributed by atoms with Gasteiger partial charge in [0.1, 0.15) is 0 Å². The largest absolute Gasteiger partial charge is 0.479 e. The average molecular weight is 119 g/mol. The number of hydrogen-bond donors (Lipinski definition) is 2. The van der Waals surface area contributed by atoms with Gasteiger partial charge in [-0.05, 0) is 0 Å². The Morgan fingerprint density at radius 3 is 2.50 bits per heavy atom. The molecule has 4 nitrogen and oxygen atoms in total. The zero-order valence-electron chi connectivity index (χ0n) is 4.63. The molecular formula is C4H9NO3. The quantitative estimate of drug-likeness (QED) is 0.502. The van der Waals surface area contributed by atoms with E-state index < -0.39 is 12.1 Å². The first-order valence-corrected chi connectivity index (χ1v) is 2.18. The predicted octanol–water partition coefficient (Wildman–Crippen LogP) is -0.955. The number of carboxylic acids is 1. The number of nitrogens with two attached hydrogens (primary N) is 1. The lowest BCUT2D eigenvalue weighted by atomic mass is 10.4. The van der Waals surface area contributed by atoms with Crippen LogP contribution in [0.1, 0.15) is 0 Å². The standard InChI is InChI=1S/C4H9NO3/c1-8-3(2-5)4(6)7/h3H,2,5H2,1H3,(H,6,7)/t3-/m0/s1. The molecule has 0 aromatic heterocycles. The molecule has 0 aromatic carbocycles. The van der Waals surface area contributed by atoms with Gasteiger partial charge in [0, 0.05) is 13.7 Å². The lowest BCUT2D eigenvalue weighted by molar-refractivity contribution is -0.147. The van der Waals surface area contributed by atoms with Gasteiger partial charge in [-0.3, -0.25) is 0 Å². The van der Waals surface area contributed by atoms with Crippen LogP contribution < -0.4 is 5.73 Å². The summed E-state index contributed by atoms with van der Waals surface area (Å²) in [5.41, 5.74) is 4.98. The summed E-state index contributed by atoms with van der Waals surface area (Å²) >= 11 is 0. The zero-order chi connectivity index (χ0) is 6.57. The highest BCUT2D eigenvalue weighted by Gasteiger charge is 2.11. The first-order valence-electron chi connectivity index (χ1n) is 2.18. The summed E-state index contributed by atoms with van der Waals surface area (Å²) in [4.78, 5) is 9.96. The van der Waals surface area contributed by atoms with Gasteiger partial charge >= 0.3 is 5.97 Å². The minimum atomic E-state index is -1.02. The molecule has 0 rings (SSSR count). The van der Waals surface area contributed by atoms with Crippen LogP contribution in [-0.4, -0.2) is 30.8 Å². The van der Waals surface area contributed by atoms with E-state index >= 15 is 0 Å². The van der Waals surface area contributed by atoms with Gasteiger partial charge in [0.2, 0.25) is 0 Å². The SMILES string of the molecule is CO[C@@H](CN)C(=O)O. The highest BCUT2D eigenvalue weighted by Crippen LogP contribution is 1.83. The molecule has 1 atom stereocenters. The average Bonchev–Trinajstić information content (AvgIpc) is 1.69. The molecule has 8 heavy (non-hydrogen) atoms. The molecular weight excluding hydrogens is 110 g/mol. The van der Waals surface area contributed by atoms with Crippen molar-refractivity contribution < 1.29 is 14.6 Å². The first-order chi connectivity index (χ1) is 3.72. The number of rotatable bonds is 3. The molecule has 0 aliphatic rings. The van der Waals surface area contributed by atoms with Gasteiger partial charge in [0.15, 0.2) is 6.10 Å². The van der Waals surface area contributed by atoms with E-state index in [4.69, 9.17) is 10.8 Å². The number of methoxy groups -OCH3 is 1. The summed E-state index contributed by atoms with van der Waals surface area (Å²) in [6.07, 6.45) is -0.852. The van der Waals surface area contributed by atoms with Crippen LogP contribution in [-0.2, 0) is 9.53 Å². The Morgan fingerprint density at radius 2 is 2.50 bits per heavy atom. The summed E-state index contributed by atoms with van der Waals surface area (Å²) in [6.45, 7) is 0.0197. The minimum absolute atomic E-state index is 0.0197. The van der Waals surface area contributed by atoms with Crippen molar-refractivity contribution in [3.05, 3.63) is 0 Å². The van der Waals surface area contributed by atoms with Crippen molar-refractivity contribution in [2.24, 2.45) is 5.73 Å². The zero-order valence-corrected chi connectivity index (χ0v) is 4.63. The third-order valence-corrected chi connectivity index (χ3v) is 0.774. The van der Waals surface area contributed by atoms with Crippen molar-refractivity contribution in [3.8, 4) is 0 Å². The van der Waals surface area contributed by atoms with Gasteiger partial charge in [0.25, 0.3) is 0 Å². The molecule has 0 aromatic rings. The fraction of sp³-hybridized carbons (Fsp3) is 0.750. The lowest BCUT2D eigenvalue weighted by Crippen LogP contribution is -2.30. The molecule has 4 heteroatoms. The maximum atomic E-state index is 9.96. The summed E-state index contributed by atoms with van der Waals surface area (Å²) in [5.74, 6) is -1.02. The van der Waals surface area contributed by atoms with E-state index in [1.54, 1.807) is 0 Å². The Bertz CT molecular complexity index is 79.4. The molecule has 0 saturated carbocycles. The molecule has 3 N–H and O–H groups in total. The Kier molecular flexibility index (Phi) is 3.14. The molecule has 0 saturated heterocycles. The van der Waals surface area contributed by atoms with Gasteiger partial charge in [-0.25, -0.2) is 4.79 Å². The van der Waals surface area contributed by atoms with Gasteiger partial charge in [-0.1, -0.05) is 0 Å². The van der Waals surface area contributed by atoms with Gasteiger partial charge in [-0.15, -0.1) is 0 Å². The maximum Gasteiger partial charge on any atom is 0.334 e. The molecule has 0 heterocycles. The van der Waals surface area contributed by atoms with Crippen LogP contribution >= 0.6 is 0 Å². The second kappa shape index (κ2) is 3.40. The van der Waals surface area contributed by atoms with E-state index in [0.717, 1.165) is 0 Å². The molecule has 0 spiro atoms. The molecule has 0 unspecified atom stereocenters. The van der Waals surface area contributed by atoms with Crippen LogP contribution in [0, 0.1) is 0 Å². The monoisotopic (exact) mass is 119 g/mol. The second-order valence-corrected chi connectivity index (χ2v) is 1.30. The van der Waals surface area contributed by atoms with Crippen LogP contribution in [0.2, 0.25) is 0 Å². The molecule has 0 radical (unpaired) electrons. The Hall–Kier alpha value is -0.610. The lowest BCUT2D eigenvalue weighted by Gasteiger charge is -2.04. The van der Waals surface area contributed by atoms with E-state index in [1.165, 1.54) is 7.11 Å². The van der Waals surface area contributed by atoms with Gasteiger partial charge in [-0.2, -0.15) is 0 Å². The van der Waals surface area contributed by atoms with Crippen LogP contribution in [0.3, 0.4) is 0 Å².